The fraction of sp³-hybridized carbons (Fsp3) is 0.209. The highest BCUT2D eigenvalue weighted by atomic mass is 16.6. The second-order valence-electron chi connectivity index (χ2n) is 13.3. The van der Waals surface area contributed by atoms with Gasteiger partial charge < -0.3 is 25.2 Å². The summed E-state index contributed by atoms with van der Waals surface area (Å²) in [5.74, 6) is -1.50. The summed E-state index contributed by atoms with van der Waals surface area (Å²) < 4.78 is 6.38. The van der Waals surface area contributed by atoms with Gasteiger partial charge in [-0.15, -0.1) is 6.58 Å². The maximum atomic E-state index is 13.9. The van der Waals surface area contributed by atoms with E-state index >= 15 is 0 Å². The van der Waals surface area contributed by atoms with Gasteiger partial charge in [-0.3, -0.25) is 14.5 Å². The number of hydrogen-bond donors (Lipinski definition) is 4. The summed E-state index contributed by atoms with van der Waals surface area (Å²) in [6.07, 6.45) is -4.75. The van der Waals surface area contributed by atoms with Crippen molar-refractivity contribution in [1.29, 1.82) is 0 Å². The van der Waals surface area contributed by atoms with Crippen LogP contribution < -0.4 is 0 Å². The molecule has 0 aromatic heterocycles. The van der Waals surface area contributed by atoms with Crippen molar-refractivity contribution in [2.75, 3.05) is 0 Å². The molecule has 0 aliphatic carbocycles. The van der Waals surface area contributed by atoms with Crippen molar-refractivity contribution >= 4 is 11.8 Å². The van der Waals surface area contributed by atoms with Crippen molar-refractivity contribution in [2.24, 2.45) is 0 Å². The van der Waals surface area contributed by atoms with Crippen LogP contribution >= 0.6 is 0 Å². The Morgan fingerprint density at radius 3 is 1.53 bits per heavy atom. The van der Waals surface area contributed by atoms with Crippen LogP contribution in [0.15, 0.2) is 158 Å². The maximum Gasteiger partial charge on any atom is 0.262 e. The van der Waals surface area contributed by atoms with Gasteiger partial charge in [0.25, 0.3) is 11.8 Å². The van der Waals surface area contributed by atoms with Crippen LogP contribution in [0.4, 0.5) is 0 Å². The van der Waals surface area contributed by atoms with Crippen LogP contribution in [0.5, 0.6) is 0 Å². The van der Waals surface area contributed by atoms with Crippen molar-refractivity contribution in [1.82, 2.24) is 4.90 Å². The Morgan fingerprint density at radius 2 is 1.10 bits per heavy atom. The third-order valence-corrected chi connectivity index (χ3v) is 10.6. The molecule has 7 rings (SSSR count). The Kier molecular flexibility index (Phi) is 9.05. The number of aliphatic hydroxyl groups is 4. The number of rotatable bonds is 10. The van der Waals surface area contributed by atoms with Gasteiger partial charge in [-0.1, -0.05) is 140 Å². The highest BCUT2D eigenvalue weighted by Gasteiger charge is 2.70. The molecule has 2 amide bonds. The molecule has 0 bridgehead atoms. The molecule has 8 nitrogen and oxygen atoms in total. The Balaban J connectivity index is 1.48. The number of imide groups is 1. The number of aliphatic hydroxyl groups excluding tert-OH is 2. The van der Waals surface area contributed by atoms with Gasteiger partial charge in [0.1, 0.15) is 29.5 Å². The van der Waals surface area contributed by atoms with Gasteiger partial charge >= 0.3 is 0 Å². The van der Waals surface area contributed by atoms with Gasteiger partial charge in [0, 0.05) is 6.42 Å². The van der Waals surface area contributed by atoms with Crippen LogP contribution in [-0.4, -0.2) is 72.9 Å². The van der Waals surface area contributed by atoms with Crippen molar-refractivity contribution in [3.8, 4) is 0 Å². The number of ether oxygens (including phenoxy) is 1. The van der Waals surface area contributed by atoms with Crippen molar-refractivity contribution in [2.45, 2.75) is 54.0 Å². The van der Waals surface area contributed by atoms with Crippen molar-refractivity contribution in [3.63, 3.8) is 0 Å². The van der Waals surface area contributed by atoms with Crippen LogP contribution in [0.2, 0.25) is 0 Å². The number of nitrogens with zero attached hydrogens (tertiary/aromatic N) is 1. The van der Waals surface area contributed by atoms with Crippen LogP contribution in [0.3, 0.4) is 0 Å². The third-order valence-electron chi connectivity index (χ3n) is 10.6. The Morgan fingerprint density at radius 1 is 0.686 bits per heavy atom. The van der Waals surface area contributed by atoms with E-state index in [9.17, 15) is 30.0 Å². The molecule has 2 aliphatic rings. The predicted octanol–water partition coefficient (Wildman–Crippen LogP) is 5.04. The molecule has 5 aromatic rings. The lowest BCUT2D eigenvalue weighted by molar-refractivity contribution is -0.348. The van der Waals surface area contributed by atoms with E-state index in [2.05, 4.69) is 6.58 Å². The average molecular weight is 682 g/mol. The molecule has 8 heteroatoms. The van der Waals surface area contributed by atoms with Gasteiger partial charge in [0.2, 0.25) is 0 Å². The molecule has 0 radical (unpaired) electrons. The molecule has 258 valence electrons. The zero-order valence-electron chi connectivity index (χ0n) is 27.8. The summed E-state index contributed by atoms with van der Waals surface area (Å²) in [5.41, 5.74) is -3.64. The lowest BCUT2D eigenvalue weighted by atomic mass is 9.58. The zero-order chi connectivity index (χ0) is 35.8. The quantitative estimate of drug-likeness (QED) is 0.0924. The smallest absolute Gasteiger partial charge is 0.262 e. The minimum absolute atomic E-state index is 0.0978. The molecule has 51 heavy (non-hydrogen) atoms. The molecule has 1 saturated heterocycles. The standard InChI is InChI=1S/C43H39NO7/c1-2-27-41(49)35(44-38(46)33-25-15-16-26-34(33)39(44)47)40(48)51-37(42(41,50)28-29-17-7-3-8-18-29)36(45)43(30-19-9-4-10-20-30,31-21-11-5-12-22-31)32-23-13-6-14-24-32/h2-26,35-37,40,45,48-50H,1,27-28H2/t35-,36?,37-,40+,41-,42-/m1/s1. The topological polar surface area (TPSA) is 128 Å². The fourth-order valence-electron chi connectivity index (χ4n) is 8.23. The Labute approximate surface area is 296 Å². The van der Waals surface area contributed by atoms with E-state index in [4.69, 9.17) is 4.74 Å². The van der Waals surface area contributed by atoms with Crippen LogP contribution in [0, 0.1) is 0 Å². The van der Waals surface area contributed by atoms with E-state index in [1.54, 1.807) is 36.4 Å². The van der Waals surface area contributed by atoms with Gasteiger partial charge in [-0.25, -0.2) is 0 Å². The van der Waals surface area contributed by atoms with Gasteiger partial charge in [0.05, 0.1) is 16.5 Å². The number of carbonyl (C=O) groups is 2. The SMILES string of the molecule is C=CC[C@@]1(O)[C@H](N2C(=O)c3ccccc3C2=O)[C@@H](O)O[C@H](C(O)C(c2ccccc2)(c2ccccc2)c2ccccc2)[C@]1(O)Cc1ccccc1. The van der Waals surface area contributed by atoms with Crippen LogP contribution in [-0.2, 0) is 16.6 Å². The minimum atomic E-state index is -2.49. The van der Waals surface area contributed by atoms with Gasteiger partial charge in [-0.05, 0) is 40.8 Å². The monoisotopic (exact) mass is 681 g/mol. The second kappa shape index (κ2) is 13.5. The second-order valence-corrected chi connectivity index (χ2v) is 13.3. The van der Waals surface area contributed by atoms with E-state index < -0.39 is 53.0 Å². The van der Waals surface area contributed by atoms with E-state index in [0.717, 1.165) is 4.90 Å². The summed E-state index contributed by atoms with van der Waals surface area (Å²) in [7, 11) is 0. The zero-order valence-corrected chi connectivity index (χ0v) is 27.8. The Hall–Kier alpha value is -5.22. The molecule has 1 fully saturated rings. The predicted molar refractivity (Wildman–Crippen MR) is 192 cm³/mol. The summed E-state index contributed by atoms with van der Waals surface area (Å²) in [5, 5.41) is 51.7. The minimum Gasteiger partial charge on any atom is -0.389 e. The molecule has 2 aliphatic heterocycles. The number of hydrogen-bond acceptors (Lipinski definition) is 7. The highest BCUT2D eigenvalue weighted by Crippen LogP contribution is 2.52. The van der Waals surface area contributed by atoms with Crippen molar-refractivity contribution < 1.29 is 34.8 Å². The number of fused-ring (bicyclic) bond motifs is 1. The summed E-state index contributed by atoms with van der Waals surface area (Å²) in [6.45, 7) is 3.85. The molecule has 1 unspecified atom stereocenters. The first kappa shape index (κ1) is 34.2. The van der Waals surface area contributed by atoms with Crippen molar-refractivity contribution in [3.05, 3.63) is 192 Å². The lowest BCUT2D eigenvalue weighted by Gasteiger charge is -2.60. The normalized spacial score (nSPS) is 25.3. The molecular formula is C43H39NO7. The summed E-state index contributed by atoms with van der Waals surface area (Å²) >= 11 is 0. The maximum absolute atomic E-state index is 13.9. The summed E-state index contributed by atoms with van der Waals surface area (Å²) in [6, 6.07) is 41.2. The summed E-state index contributed by atoms with van der Waals surface area (Å²) in [4.78, 5) is 28.6. The molecule has 0 spiro atoms. The van der Waals surface area contributed by atoms with E-state index in [0.29, 0.717) is 22.3 Å². The number of benzene rings is 5. The first-order valence-corrected chi connectivity index (χ1v) is 16.9. The fourth-order valence-corrected chi connectivity index (χ4v) is 8.23. The van der Waals surface area contributed by atoms with E-state index in [-0.39, 0.29) is 24.0 Å². The highest BCUT2D eigenvalue weighted by molar-refractivity contribution is 6.21. The molecule has 4 N–H and O–H groups in total. The third kappa shape index (κ3) is 5.35. The average Bonchev–Trinajstić information content (AvgIpc) is 3.41. The van der Waals surface area contributed by atoms with Crippen LogP contribution in [0.1, 0.15) is 49.4 Å². The molecule has 2 heterocycles. The van der Waals surface area contributed by atoms with Gasteiger partial charge in [-0.2, -0.15) is 0 Å². The molecule has 6 atom stereocenters. The number of carbonyl (C=O) groups excluding carboxylic acids is 2. The first-order valence-electron chi connectivity index (χ1n) is 16.9. The molecular weight excluding hydrogens is 642 g/mol. The lowest BCUT2D eigenvalue weighted by Crippen LogP contribution is -2.80. The Bertz CT molecular complexity index is 1890. The van der Waals surface area contributed by atoms with Crippen LogP contribution in [0.25, 0.3) is 0 Å². The first-order chi connectivity index (χ1) is 24.7. The van der Waals surface area contributed by atoms with E-state index in [1.165, 1.54) is 18.2 Å². The molecule has 5 aromatic carbocycles. The number of amides is 2. The largest absolute Gasteiger partial charge is 0.389 e. The van der Waals surface area contributed by atoms with Gasteiger partial charge in [0.15, 0.2) is 6.29 Å². The molecule has 0 saturated carbocycles. The van der Waals surface area contributed by atoms with E-state index in [1.807, 2.05) is 97.1 Å².